The molecule has 2 heterocycles. The summed E-state index contributed by atoms with van der Waals surface area (Å²) in [6.45, 7) is 4.30. The van der Waals surface area contributed by atoms with Crippen molar-refractivity contribution in [3.63, 3.8) is 0 Å². The molecule has 0 amide bonds. The van der Waals surface area contributed by atoms with E-state index in [2.05, 4.69) is 58.3 Å². The van der Waals surface area contributed by atoms with Crippen molar-refractivity contribution in [1.82, 2.24) is 20.2 Å². The summed E-state index contributed by atoms with van der Waals surface area (Å²) in [5.41, 5.74) is 9.71. The zero-order valence-corrected chi connectivity index (χ0v) is 11.6. The van der Waals surface area contributed by atoms with Crippen molar-refractivity contribution in [2.45, 2.75) is 20.3 Å². The number of nitrogens with one attached hydrogen (secondary N) is 1. The second-order valence-electron chi connectivity index (χ2n) is 5.18. The van der Waals surface area contributed by atoms with Crippen LogP contribution < -0.4 is 5.73 Å². The van der Waals surface area contributed by atoms with Crippen molar-refractivity contribution in [3.05, 3.63) is 41.9 Å². The lowest BCUT2D eigenvalue weighted by atomic mass is 9.97. The van der Waals surface area contributed by atoms with Gasteiger partial charge < -0.3 is 5.73 Å². The lowest BCUT2D eigenvalue weighted by molar-refractivity contribution is 0.741. The summed E-state index contributed by atoms with van der Waals surface area (Å²) in [6.07, 6.45) is 11.2. The monoisotopic (exact) mass is 267 g/mol. The molecule has 0 spiro atoms. The Bertz CT molecular complexity index is 736. The molecule has 0 radical (unpaired) electrons. The molecule has 0 aromatic carbocycles. The number of anilines is 1. The number of fused-ring (bicyclic) bond motifs is 1. The van der Waals surface area contributed by atoms with Gasteiger partial charge in [0.2, 0.25) is 0 Å². The maximum absolute atomic E-state index is 5.96. The molecule has 1 aliphatic carbocycles. The predicted molar refractivity (Wildman–Crippen MR) is 80.8 cm³/mol. The van der Waals surface area contributed by atoms with Crippen LogP contribution in [0.1, 0.15) is 26.0 Å². The summed E-state index contributed by atoms with van der Waals surface area (Å²) in [5.74, 6) is 0.959. The van der Waals surface area contributed by atoms with Gasteiger partial charge in [0.15, 0.2) is 5.65 Å². The van der Waals surface area contributed by atoms with Crippen LogP contribution >= 0.6 is 0 Å². The Kier molecular flexibility index (Phi) is 3.10. The van der Waals surface area contributed by atoms with Gasteiger partial charge in [0.05, 0.1) is 11.1 Å². The van der Waals surface area contributed by atoms with E-state index in [0.29, 0.717) is 17.4 Å². The second kappa shape index (κ2) is 4.92. The molecule has 5 heteroatoms. The van der Waals surface area contributed by atoms with Crippen LogP contribution in [0.3, 0.4) is 0 Å². The molecule has 20 heavy (non-hydrogen) atoms. The fraction of sp³-hybridized carbons (Fsp3) is 0.267. The average Bonchev–Trinajstić information content (AvgIpc) is 2.84. The van der Waals surface area contributed by atoms with Gasteiger partial charge in [-0.2, -0.15) is 5.10 Å². The quantitative estimate of drug-likeness (QED) is 0.832. The van der Waals surface area contributed by atoms with E-state index in [1.165, 1.54) is 11.9 Å². The summed E-state index contributed by atoms with van der Waals surface area (Å²) in [7, 11) is 0. The molecule has 0 fully saturated rings. The largest absolute Gasteiger partial charge is 0.383 e. The van der Waals surface area contributed by atoms with Crippen LogP contribution in [-0.2, 0) is 0 Å². The Morgan fingerprint density at radius 2 is 2.20 bits per heavy atom. The molecule has 1 unspecified atom stereocenters. The van der Waals surface area contributed by atoms with E-state index in [0.717, 1.165) is 23.1 Å². The molecule has 5 nitrogen and oxygen atoms in total. The Hall–Kier alpha value is -2.43. The first kappa shape index (κ1) is 12.6. The van der Waals surface area contributed by atoms with Gasteiger partial charge in [-0.05, 0) is 19.3 Å². The Morgan fingerprint density at radius 1 is 1.35 bits per heavy atom. The van der Waals surface area contributed by atoms with Gasteiger partial charge in [-0.15, -0.1) is 0 Å². The molecule has 0 saturated carbocycles. The molecular formula is C15H17N5. The number of aromatic nitrogens is 4. The van der Waals surface area contributed by atoms with Crippen molar-refractivity contribution in [1.29, 1.82) is 0 Å². The highest BCUT2D eigenvalue weighted by Gasteiger charge is 2.14. The first-order valence-electron chi connectivity index (χ1n) is 6.66. The molecule has 2 aromatic heterocycles. The van der Waals surface area contributed by atoms with Crippen LogP contribution in [0.5, 0.6) is 0 Å². The summed E-state index contributed by atoms with van der Waals surface area (Å²) in [6, 6.07) is 0. The van der Waals surface area contributed by atoms with Crippen LogP contribution in [0.25, 0.3) is 16.6 Å². The van der Waals surface area contributed by atoms with Gasteiger partial charge in [0, 0.05) is 5.57 Å². The number of nitrogen functional groups attached to an aromatic ring is 1. The van der Waals surface area contributed by atoms with Crippen molar-refractivity contribution >= 4 is 22.4 Å². The molecule has 0 aliphatic heterocycles. The van der Waals surface area contributed by atoms with Crippen molar-refractivity contribution < 1.29 is 0 Å². The summed E-state index contributed by atoms with van der Waals surface area (Å²) in [4.78, 5) is 8.19. The lowest BCUT2D eigenvalue weighted by Gasteiger charge is -2.09. The number of H-pyrrole nitrogens is 1. The van der Waals surface area contributed by atoms with Crippen LogP contribution in [0, 0.1) is 5.92 Å². The molecule has 3 rings (SSSR count). The molecule has 102 valence electrons. The van der Waals surface area contributed by atoms with Crippen LogP contribution in [-0.4, -0.2) is 20.2 Å². The number of allylic oxidation sites excluding steroid dienone is 6. The highest BCUT2D eigenvalue weighted by Crippen LogP contribution is 2.28. The SMILES string of the molecule is CC1=CCC(C)/C=C/C(c2[nH]nc3ncnc(N)c23)=C1. The summed E-state index contributed by atoms with van der Waals surface area (Å²) in [5, 5.41) is 8.01. The number of rotatable bonds is 1. The number of nitrogens with two attached hydrogens (primary N) is 1. The Balaban J connectivity index is 2.19. The summed E-state index contributed by atoms with van der Waals surface area (Å²) < 4.78 is 0. The zero-order chi connectivity index (χ0) is 14.1. The minimum atomic E-state index is 0.449. The minimum absolute atomic E-state index is 0.449. The standard InChI is InChI=1S/C15H17N5/c1-9-3-4-10(2)7-11(6-5-9)13-12-14(16)17-8-18-15(12)20-19-13/h4-9H,3H2,1-2H3,(H3,16,17,18,19,20)/b6-5+,10-4?,11-7?. The molecule has 1 atom stereocenters. The first-order chi connectivity index (χ1) is 9.65. The Labute approximate surface area is 117 Å². The molecular weight excluding hydrogens is 250 g/mol. The number of hydrogen-bond acceptors (Lipinski definition) is 4. The van der Waals surface area contributed by atoms with Crippen molar-refractivity contribution in [2.24, 2.45) is 5.92 Å². The van der Waals surface area contributed by atoms with Gasteiger partial charge in [0.25, 0.3) is 0 Å². The molecule has 1 aliphatic rings. The van der Waals surface area contributed by atoms with E-state index in [4.69, 9.17) is 5.73 Å². The highest BCUT2D eigenvalue weighted by molar-refractivity contribution is 5.97. The van der Waals surface area contributed by atoms with Gasteiger partial charge in [0.1, 0.15) is 12.1 Å². The van der Waals surface area contributed by atoms with Gasteiger partial charge >= 0.3 is 0 Å². The van der Waals surface area contributed by atoms with Crippen LogP contribution in [0.4, 0.5) is 5.82 Å². The van der Waals surface area contributed by atoms with Crippen LogP contribution in [0.15, 0.2) is 36.2 Å². The third-order valence-corrected chi connectivity index (χ3v) is 3.47. The third-order valence-electron chi connectivity index (χ3n) is 3.47. The van der Waals surface area contributed by atoms with E-state index in [9.17, 15) is 0 Å². The number of aromatic amines is 1. The van der Waals surface area contributed by atoms with Gasteiger partial charge in [-0.3, -0.25) is 5.10 Å². The Morgan fingerprint density at radius 3 is 3.05 bits per heavy atom. The van der Waals surface area contributed by atoms with E-state index in [1.807, 2.05) is 0 Å². The zero-order valence-electron chi connectivity index (χ0n) is 11.6. The topological polar surface area (TPSA) is 80.5 Å². The molecule has 0 bridgehead atoms. The number of hydrogen-bond donors (Lipinski definition) is 2. The molecule has 0 saturated heterocycles. The average molecular weight is 267 g/mol. The van der Waals surface area contributed by atoms with Crippen molar-refractivity contribution in [2.75, 3.05) is 5.73 Å². The smallest absolute Gasteiger partial charge is 0.186 e. The fourth-order valence-electron chi connectivity index (χ4n) is 2.31. The fourth-order valence-corrected chi connectivity index (χ4v) is 2.31. The lowest BCUT2D eigenvalue weighted by Crippen LogP contribution is -1.95. The predicted octanol–water partition coefficient (Wildman–Crippen LogP) is 2.86. The van der Waals surface area contributed by atoms with E-state index in [-0.39, 0.29) is 0 Å². The number of nitrogens with zero attached hydrogens (tertiary/aromatic N) is 3. The van der Waals surface area contributed by atoms with E-state index in [1.54, 1.807) is 0 Å². The van der Waals surface area contributed by atoms with Crippen molar-refractivity contribution in [3.8, 4) is 0 Å². The van der Waals surface area contributed by atoms with Crippen LogP contribution in [0.2, 0.25) is 0 Å². The van der Waals surface area contributed by atoms with E-state index < -0.39 is 0 Å². The molecule has 2 aromatic rings. The van der Waals surface area contributed by atoms with E-state index >= 15 is 0 Å². The maximum atomic E-state index is 5.96. The van der Waals surface area contributed by atoms with Gasteiger partial charge in [-0.1, -0.05) is 36.8 Å². The second-order valence-corrected chi connectivity index (χ2v) is 5.18. The normalized spacial score (nSPS) is 21.0. The summed E-state index contributed by atoms with van der Waals surface area (Å²) >= 11 is 0. The van der Waals surface area contributed by atoms with Gasteiger partial charge in [-0.25, -0.2) is 9.97 Å². The third kappa shape index (κ3) is 2.22. The molecule has 3 N–H and O–H groups in total. The minimum Gasteiger partial charge on any atom is -0.383 e. The first-order valence-corrected chi connectivity index (χ1v) is 6.66. The maximum Gasteiger partial charge on any atom is 0.186 e. The highest BCUT2D eigenvalue weighted by atomic mass is 15.2.